The number of methoxy groups -OCH3 is 1. The normalized spacial score (nSPS) is 14.8. The Morgan fingerprint density at radius 2 is 1.84 bits per heavy atom. The first kappa shape index (κ1) is 20.4. The first-order chi connectivity index (χ1) is 14.9. The van der Waals surface area contributed by atoms with Crippen molar-refractivity contribution in [3.63, 3.8) is 0 Å². The molecule has 1 N–H and O–H groups in total. The van der Waals surface area contributed by atoms with E-state index in [2.05, 4.69) is 10.2 Å². The highest BCUT2D eigenvalue weighted by Crippen LogP contribution is 2.31. The van der Waals surface area contributed by atoms with E-state index in [9.17, 15) is 14.4 Å². The third-order valence-corrected chi connectivity index (χ3v) is 5.29. The van der Waals surface area contributed by atoms with Crippen LogP contribution < -0.4 is 10.4 Å². The number of nitrogens with zero attached hydrogens (tertiary/aromatic N) is 1. The number of hydrogen-bond acceptors (Lipinski definition) is 5. The van der Waals surface area contributed by atoms with Gasteiger partial charge in [0, 0.05) is 10.6 Å². The van der Waals surface area contributed by atoms with Gasteiger partial charge in [-0.15, -0.1) is 0 Å². The van der Waals surface area contributed by atoms with E-state index in [4.69, 9.17) is 16.0 Å². The molecule has 0 atom stereocenters. The van der Waals surface area contributed by atoms with E-state index in [1.54, 1.807) is 30.3 Å². The number of amides is 2. The minimum atomic E-state index is -0.557. The molecule has 2 amide bonds. The van der Waals surface area contributed by atoms with Crippen LogP contribution in [0.25, 0.3) is 17.4 Å². The molecule has 31 heavy (non-hydrogen) atoms. The number of carbonyl (C=O) groups is 3. The maximum absolute atomic E-state index is 12.8. The average Bonchev–Trinajstić information content (AvgIpc) is 3.35. The maximum Gasteiger partial charge on any atom is 0.337 e. The molecule has 1 aliphatic rings. The molecular weight excluding hydrogens is 420 g/mol. The van der Waals surface area contributed by atoms with Crippen molar-refractivity contribution < 1.29 is 23.5 Å². The van der Waals surface area contributed by atoms with Crippen LogP contribution >= 0.6 is 11.6 Å². The number of nitrogens with one attached hydrogen (secondary N) is 1. The molecular formula is C23H17ClN2O5. The van der Waals surface area contributed by atoms with Crippen LogP contribution in [0.15, 0.2) is 64.6 Å². The first-order valence-corrected chi connectivity index (χ1v) is 9.67. The van der Waals surface area contributed by atoms with E-state index in [0.29, 0.717) is 27.8 Å². The minimum Gasteiger partial charge on any atom is -0.465 e. The lowest BCUT2D eigenvalue weighted by molar-refractivity contribution is -0.117. The summed E-state index contributed by atoms with van der Waals surface area (Å²) < 4.78 is 10.5. The quantitative estimate of drug-likeness (QED) is 0.377. The number of carbonyl (C=O) groups excluding carboxylic acids is 3. The van der Waals surface area contributed by atoms with Crippen LogP contribution in [0.1, 0.15) is 21.7 Å². The SMILES string of the molecule is COC(=O)c1ccc(N2NC(=O)/C(=C/c3ccc(-c4cccc(Cl)c4C)o3)C2=O)cc1. The molecule has 1 aliphatic heterocycles. The summed E-state index contributed by atoms with van der Waals surface area (Å²) in [5, 5.41) is 1.73. The summed E-state index contributed by atoms with van der Waals surface area (Å²) in [6.45, 7) is 1.88. The Bertz CT molecular complexity index is 1230. The van der Waals surface area contributed by atoms with Gasteiger partial charge in [0.25, 0.3) is 11.8 Å². The molecule has 3 aromatic rings. The minimum absolute atomic E-state index is 0.0687. The van der Waals surface area contributed by atoms with Gasteiger partial charge in [0.1, 0.15) is 17.1 Å². The van der Waals surface area contributed by atoms with Crippen LogP contribution in [0.3, 0.4) is 0 Å². The number of hydrogen-bond donors (Lipinski definition) is 1. The lowest BCUT2D eigenvalue weighted by Gasteiger charge is -2.14. The molecule has 2 aromatic carbocycles. The number of anilines is 1. The Morgan fingerprint density at radius 3 is 2.55 bits per heavy atom. The molecule has 7 nitrogen and oxygen atoms in total. The molecule has 0 spiro atoms. The summed E-state index contributed by atoms with van der Waals surface area (Å²) in [6.07, 6.45) is 1.39. The van der Waals surface area contributed by atoms with E-state index in [0.717, 1.165) is 16.1 Å². The van der Waals surface area contributed by atoms with Crippen LogP contribution in [0.2, 0.25) is 5.02 Å². The summed E-state index contributed by atoms with van der Waals surface area (Å²) in [7, 11) is 1.28. The Balaban J connectivity index is 1.59. The van der Waals surface area contributed by atoms with Crippen LogP contribution in [0.5, 0.6) is 0 Å². The van der Waals surface area contributed by atoms with Crippen molar-refractivity contribution in [3.05, 3.63) is 82.1 Å². The Labute approximate surface area is 182 Å². The fraction of sp³-hybridized carbons (Fsp3) is 0.0870. The molecule has 0 unspecified atom stereocenters. The number of esters is 1. The third-order valence-electron chi connectivity index (χ3n) is 4.88. The van der Waals surface area contributed by atoms with Crippen molar-refractivity contribution in [2.45, 2.75) is 6.92 Å². The van der Waals surface area contributed by atoms with Gasteiger partial charge in [-0.05, 0) is 61.0 Å². The van der Waals surface area contributed by atoms with Crippen LogP contribution in [0, 0.1) is 6.92 Å². The number of benzene rings is 2. The molecule has 1 aromatic heterocycles. The number of rotatable bonds is 4. The fourth-order valence-corrected chi connectivity index (χ4v) is 3.37. The summed E-state index contributed by atoms with van der Waals surface area (Å²) in [4.78, 5) is 36.8. The second-order valence-electron chi connectivity index (χ2n) is 6.79. The highest BCUT2D eigenvalue weighted by molar-refractivity contribution is 6.32. The number of halogens is 1. The van der Waals surface area contributed by atoms with Crippen LogP contribution in [-0.4, -0.2) is 24.9 Å². The van der Waals surface area contributed by atoms with Gasteiger partial charge in [-0.3, -0.25) is 15.0 Å². The van der Waals surface area contributed by atoms with Crippen LogP contribution in [-0.2, 0) is 14.3 Å². The average molecular weight is 437 g/mol. The summed E-state index contributed by atoms with van der Waals surface area (Å²) >= 11 is 6.17. The molecule has 0 bridgehead atoms. The highest BCUT2D eigenvalue weighted by Gasteiger charge is 2.34. The Morgan fingerprint density at radius 1 is 1.10 bits per heavy atom. The topological polar surface area (TPSA) is 88.8 Å². The molecule has 0 saturated carbocycles. The molecule has 0 radical (unpaired) electrons. The lowest BCUT2D eigenvalue weighted by Crippen LogP contribution is -2.35. The molecule has 1 fully saturated rings. The second kappa shape index (κ2) is 8.12. The van der Waals surface area contributed by atoms with E-state index < -0.39 is 17.8 Å². The fourth-order valence-electron chi connectivity index (χ4n) is 3.20. The smallest absolute Gasteiger partial charge is 0.337 e. The Kier molecular flexibility index (Phi) is 5.35. The van der Waals surface area contributed by atoms with Crippen molar-refractivity contribution in [1.82, 2.24) is 5.43 Å². The van der Waals surface area contributed by atoms with Crippen molar-refractivity contribution in [1.29, 1.82) is 0 Å². The standard InChI is InChI=1S/C23H17ClN2O5/c1-13-17(4-3-5-19(13)24)20-11-10-16(31-20)12-18-21(27)25-26(22(18)28)15-8-6-14(7-9-15)23(29)30-2/h3-12H,1-2H3,(H,25,27)/b18-12-. The summed E-state index contributed by atoms with van der Waals surface area (Å²) in [5.74, 6) is -0.650. The van der Waals surface area contributed by atoms with Gasteiger partial charge < -0.3 is 9.15 Å². The zero-order chi connectivity index (χ0) is 22.1. The predicted molar refractivity (Wildman–Crippen MR) is 115 cm³/mol. The predicted octanol–water partition coefficient (Wildman–Crippen LogP) is 4.16. The zero-order valence-corrected chi connectivity index (χ0v) is 17.4. The molecule has 4 rings (SSSR count). The van der Waals surface area contributed by atoms with E-state index in [-0.39, 0.29) is 5.57 Å². The molecule has 8 heteroatoms. The molecule has 2 heterocycles. The Hall–Kier alpha value is -3.84. The van der Waals surface area contributed by atoms with Gasteiger partial charge in [-0.1, -0.05) is 23.7 Å². The maximum atomic E-state index is 12.8. The summed E-state index contributed by atoms with van der Waals surface area (Å²) in [5.41, 5.74) is 4.87. The van der Waals surface area contributed by atoms with Gasteiger partial charge in [0.15, 0.2) is 0 Å². The monoisotopic (exact) mass is 436 g/mol. The molecule has 1 saturated heterocycles. The largest absolute Gasteiger partial charge is 0.465 e. The van der Waals surface area contributed by atoms with E-state index in [1.165, 1.54) is 25.3 Å². The number of furan rings is 1. The molecule has 156 valence electrons. The van der Waals surface area contributed by atoms with Gasteiger partial charge in [0.2, 0.25) is 0 Å². The van der Waals surface area contributed by atoms with Crippen molar-refractivity contribution in [3.8, 4) is 11.3 Å². The van der Waals surface area contributed by atoms with E-state index in [1.807, 2.05) is 19.1 Å². The van der Waals surface area contributed by atoms with Gasteiger partial charge in [0.05, 0.1) is 18.4 Å². The first-order valence-electron chi connectivity index (χ1n) is 9.30. The van der Waals surface area contributed by atoms with Gasteiger partial charge >= 0.3 is 5.97 Å². The number of ether oxygens (including phenoxy) is 1. The third kappa shape index (κ3) is 3.83. The van der Waals surface area contributed by atoms with Gasteiger partial charge in [-0.25, -0.2) is 9.80 Å². The van der Waals surface area contributed by atoms with Crippen LogP contribution in [0.4, 0.5) is 5.69 Å². The van der Waals surface area contributed by atoms with E-state index >= 15 is 0 Å². The number of hydrazine groups is 1. The highest BCUT2D eigenvalue weighted by atomic mass is 35.5. The van der Waals surface area contributed by atoms with Gasteiger partial charge in [-0.2, -0.15) is 0 Å². The lowest BCUT2D eigenvalue weighted by atomic mass is 10.1. The summed E-state index contributed by atoms with van der Waals surface area (Å²) in [6, 6.07) is 15.0. The van der Waals surface area contributed by atoms with Crippen molar-refractivity contribution in [2.75, 3.05) is 12.1 Å². The van der Waals surface area contributed by atoms with Crippen molar-refractivity contribution in [2.24, 2.45) is 0 Å². The zero-order valence-electron chi connectivity index (χ0n) is 16.6. The molecule has 0 aliphatic carbocycles. The second-order valence-corrected chi connectivity index (χ2v) is 7.20. The van der Waals surface area contributed by atoms with Crippen molar-refractivity contribution >= 4 is 41.1 Å².